The number of piperidine rings is 1. The van der Waals surface area contributed by atoms with E-state index in [2.05, 4.69) is 45.8 Å². The van der Waals surface area contributed by atoms with Crippen LogP contribution in [0, 0.1) is 0 Å². The van der Waals surface area contributed by atoms with Gasteiger partial charge in [0.25, 0.3) is 5.91 Å². The maximum Gasteiger partial charge on any atom is 0.272 e. The van der Waals surface area contributed by atoms with E-state index in [0.717, 1.165) is 62.3 Å². The van der Waals surface area contributed by atoms with Crippen LogP contribution in [0.5, 0.6) is 5.75 Å². The number of hydrogen-bond donors (Lipinski definition) is 1. The highest BCUT2D eigenvalue weighted by Crippen LogP contribution is 2.29. The van der Waals surface area contributed by atoms with E-state index in [-0.39, 0.29) is 5.91 Å². The Kier molecular flexibility index (Phi) is 6.43. The Bertz CT molecular complexity index is 989. The van der Waals surface area contributed by atoms with Gasteiger partial charge in [0.2, 0.25) is 0 Å². The molecular weight excluding hydrogens is 414 g/mol. The van der Waals surface area contributed by atoms with Gasteiger partial charge in [0.05, 0.1) is 13.7 Å². The van der Waals surface area contributed by atoms with E-state index in [4.69, 9.17) is 9.84 Å². The fourth-order valence-corrected chi connectivity index (χ4v) is 5.33. The monoisotopic (exact) mass is 451 g/mol. The van der Waals surface area contributed by atoms with Crippen molar-refractivity contribution < 1.29 is 9.53 Å². The molecule has 33 heavy (non-hydrogen) atoms. The second kappa shape index (κ2) is 9.47. The Balaban J connectivity index is 1.37. The number of aromatic nitrogens is 2. The van der Waals surface area contributed by atoms with Crippen LogP contribution < -0.4 is 10.1 Å². The fraction of sp³-hybridized carbons (Fsp3) is 0.615. The largest absolute Gasteiger partial charge is 0.497 e. The highest BCUT2D eigenvalue weighted by molar-refractivity contribution is 5.94. The van der Waals surface area contributed by atoms with Crippen molar-refractivity contribution in [1.29, 1.82) is 0 Å². The summed E-state index contributed by atoms with van der Waals surface area (Å²) in [6, 6.07) is 9.65. The minimum Gasteiger partial charge on any atom is -0.497 e. The van der Waals surface area contributed by atoms with Crippen molar-refractivity contribution in [3.8, 4) is 5.75 Å². The Morgan fingerprint density at radius 2 is 1.97 bits per heavy atom. The molecule has 0 atom stereocenters. The number of ether oxygens (including phenoxy) is 1. The van der Waals surface area contributed by atoms with Gasteiger partial charge in [0, 0.05) is 48.9 Å². The van der Waals surface area contributed by atoms with Crippen LogP contribution in [0.3, 0.4) is 0 Å². The molecule has 0 radical (unpaired) electrons. The summed E-state index contributed by atoms with van der Waals surface area (Å²) in [5, 5.41) is 8.04. The van der Waals surface area contributed by atoms with Crippen LogP contribution in [-0.2, 0) is 19.5 Å². The molecule has 1 N–H and O–H groups in total. The fourth-order valence-electron chi connectivity index (χ4n) is 5.33. The van der Waals surface area contributed by atoms with E-state index in [9.17, 15) is 4.79 Å². The zero-order valence-corrected chi connectivity index (χ0v) is 20.2. The molecule has 7 nitrogen and oxygen atoms in total. The van der Waals surface area contributed by atoms with Gasteiger partial charge in [-0.3, -0.25) is 14.4 Å². The molecule has 7 heteroatoms. The van der Waals surface area contributed by atoms with Crippen LogP contribution in [0.2, 0.25) is 0 Å². The normalized spacial score (nSPS) is 20.1. The first-order chi connectivity index (χ1) is 16.0. The Labute approximate surface area is 197 Å². The maximum absolute atomic E-state index is 13.1. The number of rotatable bonds is 7. The number of methoxy groups -OCH3 is 1. The zero-order valence-electron chi connectivity index (χ0n) is 20.2. The van der Waals surface area contributed by atoms with Crippen molar-refractivity contribution in [3.05, 3.63) is 46.8 Å². The predicted octanol–water partition coefficient (Wildman–Crippen LogP) is 3.06. The molecule has 3 aliphatic rings. The predicted molar refractivity (Wildman–Crippen MR) is 129 cm³/mol. The molecule has 2 fully saturated rings. The second-order valence-corrected chi connectivity index (χ2v) is 10.1. The summed E-state index contributed by atoms with van der Waals surface area (Å²) in [6.07, 6.45) is 5.51. The number of benzene rings is 1. The van der Waals surface area contributed by atoms with Gasteiger partial charge in [-0.25, -0.2) is 0 Å². The molecule has 0 bridgehead atoms. The molecule has 2 aliphatic heterocycles. The third-order valence-corrected chi connectivity index (χ3v) is 7.50. The number of carbonyl (C=O) groups is 1. The Morgan fingerprint density at radius 1 is 1.18 bits per heavy atom. The quantitative estimate of drug-likeness (QED) is 0.701. The van der Waals surface area contributed by atoms with Crippen LogP contribution in [0.4, 0.5) is 0 Å². The number of likely N-dealkylation sites (tertiary alicyclic amines) is 1. The first-order valence-electron chi connectivity index (χ1n) is 12.5. The van der Waals surface area contributed by atoms with Crippen LogP contribution in [0.25, 0.3) is 0 Å². The number of carbonyl (C=O) groups excluding carboxylic acids is 1. The van der Waals surface area contributed by atoms with Gasteiger partial charge in [-0.2, -0.15) is 5.10 Å². The topological polar surface area (TPSA) is 62.6 Å². The van der Waals surface area contributed by atoms with E-state index in [1.165, 1.54) is 18.5 Å². The highest BCUT2D eigenvalue weighted by Gasteiger charge is 2.34. The average molecular weight is 452 g/mol. The van der Waals surface area contributed by atoms with Crippen LogP contribution in [0.15, 0.2) is 24.3 Å². The molecule has 178 valence electrons. The summed E-state index contributed by atoms with van der Waals surface area (Å²) in [4.78, 5) is 18.3. The average Bonchev–Trinajstić information content (AvgIpc) is 3.58. The lowest BCUT2D eigenvalue weighted by Gasteiger charge is -2.41. The number of fused-ring (bicyclic) bond motifs is 1. The minimum atomic E-state index is -0.00498. The standard InChI is InChI=1S/C26H37N5O2/c1-18(2)29-12-9-21(10-13-29)30-14-11-24-23(17-30)25(26(32)27-20-7-8-20)28-31(24)16-19-5-4-6-22(15-19)33-3/h4-6,15,18,20-21H,7-14,16-17H2,1-3H3,(H,27,32). The summed E-state index contributed by atoms with van der Waals surface area (Å²) in [5.74, 6) is 0.841. The maximum atomic E-state index is 13.1. The van der Waals surface area contributed by atoms with E-state index >= 15 is 0 Å². The van der Waals surface area contributed by atoms with E-state index in [0.29, 0.717) is 30.4 Å². The first-order valence-corrected chi connectivity index (χ1v) is 12.5. The summed E-state index contributed by atoms with van der Waals surface area (Å²) in [5.41, 5.74) is 4.12. The van der Waals surface area contributed by atoms with Crippen molar-refractivity contribution in [2.24, 2.45) is 0 Å². The lowest BCUT2D eigenvalue weighted by atomic mass is 9.97. The van der Waals surface area contributed by atoms with Gasteiger partial charge in [0.15, 0.2) is 5.69 Å². The van der Waals surface area contributed by atoms with Gasteiger partial charge in [0.1, 0.15) is 5.75 Å². The lowest BCUT2D eigenvalue weighted by Crippen LogP contribution is -2.48. The van der Waals surface area contributed by atoms with Crippen LogP contribution in [-0.4, -0.2) is 70.4 Å². The molecule has 0 unspecified atom stereocenters. The van der Waals surface area contributed by atoms with Crippen molar-refractivity contribution in [2.75, 3.05) is 26.7 Å². The van der Waals surface area contributed by atoms with Gasteiger partial charge < -0.3 is 15.0 Å². The number of nitrogens with zero attached hydrogens (tertiary/aromatic N) is 4. The molecule has 1 aliphatic carbocycles. The molecule has 1 amide bonds. The second-order valence-electron chi connectivity index (χ2n) is 10.1. The number of amides is 1. The highest BCUT2D eigenvalue weighted by atomic mass is 16.5. The minimum absolute atomic E-state index is 0.00498. The van der Waals surface area contributed by atoms with Crippen molar-refractivity contribution in [2.45, 2.75) is 77.2 Å². The molecular formula is C26H37N5O2. The van der Waals surface area contributed by atoms with E-state index < -0.39 is 0 Å². The third-order valence-electron chi connectivity index (χ3n) is 7.50. The molecule has 1 saturated heterocycles. The first kappa shape index (κ1) is 22.4. The van der Waals surface area contributed by atoms with Crippen molar-refractivity contribution in [1.82, 2.24) is 24.9 Å². The van der Waals surface area contributed by atoms with E-state index in [1.807, 2.05) is 12.1 Å². The molecule has 1 aromatic heterocycles. The Hall–Kier alpha value is -2.38. The molecule has 0 spiro atoms. The van der Waals surface area contributed by atoms with Gasteiger partial charge in [-0.05, 0) is 70.3 Å². The summed E-state index contributed by atoms with van der Waals surface area (Å²) < 4.78 is 7.46. The van der Waals surface area contributed by atoms with Gasteiger partial charge in [-0.1, -0.05) is 12.1 Å². The van der Waals surface area contributed by atoms with E-state index in [1.54, 1.807) is 7.11 Å². The summed E-state index contributed by atoms with van der Waals surface area (Å²) >= 11 is 0. The molecule has 1 aromatic carbocycles. The lowest BCUT2D eigenvalue weighted by molar-refractivity contribution is 0.0822. The number of hydrogen-bond acceptors (Lipinski definition) is 5. The van der Waals surface area contributed by atoms with Gasteiger partial charge in [-0.15, -0.1) is 0 Å². The molecule has 3 heterocycles. The molecule has 2 aromatic rings. The third kappa shape index (κ3) is 4.94. The van der Waals surface area contributed by atoms with Crippen LogP contribution >= 0.6 is 0 Å². The summed E-state index contributed by atoms with van der Waals surface area (Å²) in [7, 11) is 1.69. The van der Waals surface area contributed by atoms with Crippen LogP contribution in [0.1, 0.15) is 66.8 Å². The summed E-state index contributed by atoms with van der Waals surface area (Å²) in [6.45, 7) is 9.42. The van der Waals surface area contributed by atoms with Gasteiger partial charge >= 0.3 is 0 Å². The Morgan fingerprint density at radius 3 is 2.67 bits per heavy atom. The SMILES string of the molecule is COc1cccc(Cn2nc(C(=O)NC3CC3)c3c2CCN(C2CCN(C(C)C)CC2)C3)c1. The smallest absolute Gasteiger partial charge is 0.272 e. The number of nitrogens with one attached hydrogen (secondary N) is 1. The van der Waals surface area contributed by atoms with Crippen molar-refractivity contribution >= 4 is 5.91 Å². The molecule has 5 rings (SSSR count). The molecule has 1 saturated carbocycles. The van der Waals surface area contributed by atoms with Crippen molar-refractivity contribution in [3.63, 3.8) is 0 Å². The zero-order chi connectivity index (χ0) is 22.9.